The van der Waals surface area contributed by atoms with E-state index in [9.17, 15) is 0 Å². The fourth-order valence-electron chi connectivity index (χ4n) is 3.26. The van der Waals surface area contributed by atoms with Crippen LogP contribution in [0.3, 0.4) is 0 Å². The summed E-state index contributed by atoms with van der Waals surface area (Å²) < 4.78 is 5.96. The Hall–Kier alpha value is -3.94. The van der Waals surface area contributed by atoms with E-state index in [0.29, 0.717) is 23.3 Å². The lowest BCUT2D eigenvalue weighted by molar-refractivity contribution is 0.483. The molecule has 0 aromatic heterocycles. The Morgan fingerprint density at radius 3 is 1.26 bits per heavy atom. The van der Waals surface area contributed by atoms with E-state index in [4.69, 9.17) is 29.2 Å². The van der Waals surface area contributed by atoms with Crippen LogP contribution in [-0.2, 0) is 13.1 Å². The van der Waals surface area contributed by atoms with Crippen LogP contribution < -0.4 is 26.0 Å². The van der Waals surface area contributed by atoms with Crippen molar-refractivity contribution in [2.24, 2.45) is 0 Å². The van der Waals surface area contributed by atoms with Crippen LogP contribution in [0.25, 0.3) is 0 Å². The second-order valence-corrected chi connectivity index (χ2v) is 8.55. The number of hydrogen-bond donors (Lipinski definition) is 4. The van der Waals surface area contributed by atoms with Crippen molar-refractivity contribution < 1.29 is 4.74 Å². The highest BCUT2D eigenvalue weighted by molar-refractivity contribution is 7.80. The Labute approximate surface area is 216 Å². The molecule has 0 aliphatic carbocycles. The average Bonchev–Trinajstić information content (AvgIpc) is 2.90. The summed E-state index contributed by atoms with van der Waals surface area (Å²) in [5.74, 6) is 1.47. The molecule has 0 saturated heterocycles. The van der Waals surface area contributed by atoms with Crippen molar-refractivity contribution in [2.75, 3.05) is 10.6 Å². The van der Waals surface area contributed by atoms with Crippen LogP contribution in [0, 0.1) is 0 Å². The molecule has 4 rings (SSSR count). The van der Waals surface area contributed by atoms with Gasteiger partial charge in [0, 0.05) is 24.5 Å². The van der Waals surface area contributed by atoms with Crippen LogP contribution in [0.4, 0.5) is 11.4 Å². The van der Waals surface area contributed by atoms with Gasteiger partial charge >= 0.3 is 0 Å². The van der Waals surface area contributed by atoms with Crippen molar-refractivity contribution in [3.05, 3.63) is 120 Å². The summed E-state index contributed by atoms with van der Waals surface area (Å²) in [4.78, 5) is 0. The Bertz CT molecular complexity index is 1130. The second-order valence-electron chi connectivity index (χ2n) is 7.74. The van der Waals surface area contributed by atoms with E-state index in [2.05, 4.69) is 45.5 Å². The summed E-state index contributed by atoms with van der Waals surface area (Å²) in [6.07, 6.45) is 0. The minimum atomic E-state index is 0.571. The van der Waals surface area contributed by atoms with Gasteiger partial charge in [0.25, 0.3) is 0 Å². The molecule has 0 atom stereocenters. The zero-order valence-corrected chi connectivity index (χ0v) is 20.7. The van der Waals surface area contributed by atoms with Gasteiger partial charge in [-0.05, 0) is 84.1 Å². The first-order chi connectivity index (χ1) is 17.1. The van der Waals surface area contributed by atoms with E-state index in [1.165, 1.54) is 11.1 Å². The van der Waals surface area contributed by atoms with Crippen molar-refractivity contribution in [1.82, 2.24) is 10.6 Å². The third kappa shape index (κ3) is 8.10. The van der Waals surface area contributed by atoms with Crippen molar-refractivity contribution in [1.29, 1.82) is 0 Å². The maximum Gasteiger partial charge on any atom is 0.171 e. The van der Waals surface area contributed by atoms with E-state index < -0.39 is 0 Å². The molecule has 35 heavy (non-hydrogen) atoms. The number of nitrogens with one attached hydrogen (secondary N) is 4. The summed E-state index contributed by atoms with van der Waals surface area (Å²) in [6.45, 7) is 1.35. The van der Waals surface area contributed by atoms with Crippen LogP contribution in [0.5, 0.6) is 11.5 Å². The minimum Gasteiger partial charge on any atom is -0.457 e. The molecule has 7 heteroatoms. The standard InChI is InChI=1S/C28H26N4OS2/c34-27(29-19-21-7-3-1-4-8-21)31-23-11-15-25(16-12-23)33-26-17-13-24(14-18-26)32-28(35)30-20-22-9-5-2-6-10-22/h1-18H,19-20H2,(H2,29,31,34)(H2,30,32,35). The zero-order chi connectivity index (χ0) is 24.3. The van der Waals surface area contributed by atoms with Gasteiger partial charge in [-0.1, -0.05) is 60.7 Å². The Morgan fingerprint density at radius 1 is 0.514 bits per heavy atom. The highest BCUT2D eigenvalue weighted by Crippen LogP contribution is 2.24. The lowest BCUT2D eigenvalue weighted by atomic mass is 10.2. The number of ether oxygens (including phenoxy) is 1. The summed E-state index contributed by atoms with van der Waals surface area (Å²) in [7, 11) is 0. The van der Waals surface area contributed by atoms with E-state index in [-0.39, 0.29) is 0 Å². The van der Waals surface area contributed by atoms with Crippen molar-refractivity contribution in [3.63, 3.8) is 0 Å². The highest BCUT2D eigenvalue weighted by atomic mass is 32.1. The van der Waals surface area contributed by atoms with Crippen molar-refractivity contribution >= 4 is 46.0 Å². The fraction of sp³-hybridized carbons (Fsp3) is 0.0714. The number of rotatable bonds is 8. The first-order valence-corrected chi connectivity index (χ1v) is 12.0. The number of benzene rings is 4. The van der Waals surface area contributed by atoms with Gasteiger partial charge in [0.05, 0.1) is 0 Å². The molecule has 0 saturated carbocycles. The molecular weight excluding hydrogens is 472 g/mol. The van der Waals surface area contributed by atoms with Gasteiger partial charge in [0.2, 0.25) is 0 Å². The molecule has 0 fully saturated rings. The van der Waals surface area contributed by atoms with Gasteiger partial charge in [-0.15, -0.1) is 0 Å². The summed E-state index contributed by atoms with van der Waals surface area (Å²) in [6, 6.07) is 35.6. The summed E-state index contributed by atoms with van der Waals surface area (Å²) in [5.41, 5.74) is 4.12. The molecule has 0 bridgehead atoms. The van der Waals surface area contributed by atoms with Gasteiger partial charge in [-0.3, -0.25) is 0 Å². The van der Waals surface area contributed by atoms with E-state index in [0.717, 1.165) is 22.9 Å². The molecule has 0 amide bonds. The molecule has 0 aliphatic heterocycles. The van der Waals surface area contributed by atoms with Crippen LogP contribution in [0.15, 0.2) is 109 Å². The predicted octanol–water partition coefficient (Wildman–Crippen LogP) is 6.45. The number of hydrogen-bond acceptors (Lipinski definition) is 3. The normalized spacial score (nSPS) is 10.2. The van der Waals surface area contributed by atoms with Gasteiger partial charge in [-0.25, -0.2) is 0 Å². The maximum absolute atomic E-state index is 5.96. The molecular formula is C28H26N4OS2. The molecule has 4 N–H and O–H groups in total. The van der Waals surface area contributed by atoms with Crippen molar-refractivity contribution in [2.45, 2.75) is 13.1 Å². The highest BCUT2D eigenvalue weighted by Gasteiger charge is 2.03. The molecule has 0 aliphatic rings. The van der Waals surface area contributed by atoms with Crippen LogP contribution in [-0.4, -0.2) is 10.2 Å². The lowest BCUT2D eigenvalue weighted by Crippen LogP contribution is -2.27. The Balaban J connectivity index is 1.21. The predicted molar refractivity (Wildman–Crippen MR) is 152 cm³/mol. The smallest absolute Gasteiger partial charge is 0.171 e. The topological polar surface area (TPSA) is 57.4 Å². The number of thiocarbonyl (C=S) groups is 2. The quantitative estimate of drug-likeness (QED) is 0.208. The molecule has 5 nitrogen and oxygen atoms in total. The average molecular weight is 499 g/mol. The van der Waals surface area contributed by atoms with Crippen LogP contribution in [0.2, 0.25) is 0 Å². The molecule has 4 aromatic carbocycles. The third-order valence-corrected chi connectivity index (χ3v) is 5.54. The fourth-order valence-corrected chi connectivity index (χ4v) is 3.64. The first-order valence-electron chi connectivity index (χ1n) is 11.2. The largest absolute Gasteiger partial charge is 0.457 e. The Morgan fingerprint density at radius 2 is 0.886 bits per heavy atom. The van der Waals surface area contributed by atoms with Gasteiger partial charge in [-0.2, -0.15) is 0 Å². The molecule has 0 spiro atoms. The Kier molecular flexibility index (Phi) is 8.64. The molecule has 0 radical (unpaired) electrons. The van der Waals surface area contributed by atoms with Crippen molar-refractivity contribution in [3.8, 4) is 11.5 Å². The number of anilines is 2. The first kappa shape index (κ1) is 24.2. The molecule has 176 valence electrons. The van der Waals surface area contributed by atoms with E-state index in [1.54, 1.807) is 0 Å². The van der Waals surface area contributed by atoms with Gasteiger partial charge in [0.15, 0.2) is 10.2 Å². The third-order valence-electron chi connectivity index (χ3n) is 5.05. The SMILES string of the molecule is S=C(NCc1ccccc1)Nc1ccc(Oc2ccc(NC(=S)NCc3ccccc3)cc2)cc1. The van der Waals surface area contributed by atoms with E-state index >= 15 is 0 Å². The second kappa shape index (κ2) is 12.5. The minimum absolute atomic E-state index is 0.571. The lowest BCUT2D eigenvalue weighted by Gasteiger charge is -2.12. The monoisotopic (exact) mass is 498 g/mol. The zero-order valence-electron chi connectivity index (χ0n) is 19.0. The van der Waals surface area contributed by atoms with Crippen LogP contribution >= 0.6 is 24.4 Å². The molecule has 0 unspecified atom stereocenters. The van der Waals surface area contributed by atoms with Gasteiger partial charge in [0.1, 0.15) is 11.5 Å². The van der Waals surface area contributed by atoms with Gasteiger partial charge < -0.3 is 26.0 Å². The molecule has 0 heterocycles. The molecule has 4 aromatic rings. The van der Waals surface area contributed by atoms with Crippen LogP contribution in [0.1, 0.15) is 11.1 Å². The van der Waals surface area contributed by atoms with E-state index in [1.807, 2.05) is 84.9 Å². The maximum atomic E-state index is 5.96. The summed E-state index contributed by atoms with van der Waals surface area (Å²) >= 11 is 10.8. The summed E-state index contributed by atoms with van der Waals surface area (Å²) in [5, 5.41) is 13.9.